The van der Waals surface area contributed by atoms with Crippen LogP contribution in [-0.4, -0.2) is 35.7 Å². The molecular weight excluding hydrogens is 415 g/mol. The molecule has 2 aliphatic rings. The molecule has 2 aromatic carbocycles. The van der Waals surface area contributed by atoms with E-state index >= 15 is 0 Å². The van der Waals surface area contributed by atoms with E-state index in [0.29, 0.717) is 27.8 Å². The zero-order valence-electron chi connectivity index (χ0n) is 14.4. The summed E-state index contributed by atoms with van der Waals surface area (Å²) in [4.78, 5) is 40.2. The Morgan fingerprint density at radius 3 is 2.70 bits per heavy atom. The van der Waals surface area contributed by atoms with Gasteiger partial charge in [0.25, 0.3) is 11.8 Å². The highest BCUT2D eigenvalue weighted by Gasteiger charge is 2.36. The van der Waals surface area contributed by atoms with E-state index in [0.717, 1.165) is 23.3 Å². The Kier molecular flexibility index (Phi) is 4.55. The largest absolute Gasteiger partial charge is 0.309 e. The van der Waals surface area contributed by atoms with E-state index in [1.807, 2.05) is 6.07 Å². The SMILES string of the molecule is O=C1c2ccc(Br)cc2C(=O)N1CCC(=O)N1CCCc2cccc(F)c21. The highest BCUT2D eigenvalue weighted by molar-refractivity contribution is 9.10. The van der Waals surface area contributed by atoms with Gasteiger partial charge in [0.1, 0.15) is 5.82 Å². The molecule has 7 heteroatoms. The van der Waals surface area contributed by atoms with E-state index < -0.39 is 17.6 Å². The number of carbonyl (C=O) groups is 3. The maximum atomic E-state index is 14.2. The quantitative estimate of drug-likeness (QED) is 0.699. The number of hydrogen-bond donors (Lipinski definition) is 0. The maximum absolute atomic E-state index is 14.2. The van der Waals surface area contributed by atoms with Crippen LogP contribution in [0.3, 0.4) is 0 Å². The molecule has 0 saturated carbocycles. The first-order valence-electron chi connectivity index (χ1n) is 8.71. The average molecular weight is 431 g/mol. The van der Waals surface area contributed by atoms with Crippen LogP contribution < -0.4 is 4.90 Å². The lowest BCUT2D eigenvalue weighted by Gasteiger charge is -2.30. The number of rotatable bonds is 3. The summed E-state index contributed by atoms with van der Waals surface area (Å²) in [5, 5.41) is 0. The van der Waals surface area contributed by atoms with Crippen molar-refractivity contribution >= 4 is 39.3 Å². The van der Waals surface area contributed by atoms with Crippen molar-refractivity contribution in [3.05, 3.63) is 63.4 Å². The Morgan fingerprint density at radius 1 is 1.11 bits per heavy atom. The van der Waals surface area contributed by atoms with Crippen molar-refractivity contribution < 1.29 is 18.8 Å². The van der Waals surface area contributed by atoms with E-state index in [4.69, 9.17) is 0 Å². The van der Waals surface area contributed by atoms with Gasteiger partial charge in [-0.1, -0.05) is 28.1 Å². The maximum Gasteiger partial charge on any atom is 0.261 e. The molecule has 0 unspecified atom stereocenters. The van der Waals surface area contributed by atoms with Crippen LogP contribution in [-0.2, 0) is 11.2 Å². The van der Waals surface area contributed by atoms with Gasteiger partial charge >= 0.3 is 0 Å². The van der Waals surface area contributed by atoms with Crippen LogP contribution in [0.25, 0.3) is 0 Å². The molecule has 0 fully saturated rings. The van der Waals surface area contributed by atoms with Gasteiger partial charge in [-0.3, -0.25) is 19.3 Å². The number of hydrogen-bond acceptors (Lipinski definition) is 3. The summed E-state index contributed by atoms with van der Waals surface area (Å²) in [5.74, 6) is -1.53. The molecule has 0 spiro atoms. The van der Waals surface area contributed by atoms with Crippen LogP contribution in [0, 0.1) is 5.82 Å². The van der Waals surface area contributed by atoms with Gasteiger partial charge in [0.05, 0.1) is 16.8 Å². The number of carbonyl (C=O) groups excluding carboxylic acids is 3. The van der Waals surface area contributed by atoms with Crippen molar-refractivity contribution in [2.45, 2.75) is 19.3 Å². The number of anilines is 1. The second kappa shape index (κ2) is 6.88. The van der Waals surface area contributed by atoms with E-state index in [-0.39, 0.29) is 18.9 Å². The fraction of sp³-hybridized carbons (Fsp3) is 0.250. The molecule has 2 heterocycles. The highest BCUT2D eigenvalue weighted by atomic mass is 79.9. The van der Waals surface area contributed by atoms with Crippen molar-refractivity contribution in [2.75, 3.05) is 18.0 Å². The summed E-state index contributed by atoms with van der Waals surface area (Å²) in [6.45, 7) is 0.408. The normalized spacial score (nSPS) is 15.8. The molecule has 0 N–H and O–H groups in total. The summed E-state index contributed by atoms with van der Waals surface area (Å²) in [5.41, 5.74) is 1.79. The smallest absolute Gasteiger partial charge is 0.261 e. The Morgan fingerprint density at radius 2 is 1.89 bits per heavy atom. The van der Waals surface area contributed by atoms with Gasteiger partial charge in [0.2, 0.25) is 5.91 Å². The molecule has 2 aliphatic heterocycles. The van der Waals surface area contributed by atoms with E-state index in [1.165, 1.54) is 11.0 Å². The van der Waals surface area contributed by atoms with Crippen LogP contribution in [0.1, 0.15) is 39.1 Å². The molecule has 27 heavy (non-hydrogen) atoms. The fourth-order valence-corrected chi connectivity index (χ4v) is 4.02. The second-order valence-corrected chi connectivity index (χ2v) is 7.51. The molecule has 2 aromatic rings. The third-order valence-corrected chi connectivity index (χ3v) is 5.44. The minimum Gasteiger partial charge on any atom is -0.309 e. The van der Waals surface area contributed by atoms with Crippen LogP contribution in [0.15, 0.2) is 40.9 Å². The van der Waals surface area contributed by atoms with Gasteiger partial charge < -0.3 is 4.90 Å². The minimum absolute atomic E-state index is 0.0247. The number of amides is 3. The summed E-state index contributed by atoms with van der Waals surface area (Å²) >= 11 is 3.29. The van der Waals surface area contributed by atoms with Crippen LogP contribution in [0.2, 0.25) is 0 Å². The highest BCUT2D eigenvalue weighted by Crippen LogP contribution is 2.31. The standard InChI is InChI=1S/C20H16BrFN2O3/c21-13-6-7-14-15(11-13)20(27)24(19(14)26)10-8-17(25)23-9-2-4-12-3-1-5-16(22)18(12)23/h1,3,5-7,11H,2,4,8-10H2. The van der Waals surface area contributed by atoms with Gasteiger partial charge in [0, 0.05) is 24.0 Å². The molecule has 4 rings (SSSR count). The zero-order chi connectivity index (χ0) is 19.1. The number of fused-ring (bicyclic) bond motifs is 2. The number of halogens is 2. The zero-order valence-corrected chi connectivity index (χ0v) is 16.0. The van der Waals surface area contributed by atoms with Gasteiger partial charge in [-0.25, -0.2) is 4.39 Å². The molecule has 0 aromatic heterocycles. The Labute approximate surface area is 163 Å². The van der Waals surface area contributed by atoms with Gasteiger partial charge in [-0.2, -0.15) is 0 Å². The molecule has 0 bridgehead atoms. The molecule has 0 aliphatic carbocycles. The molecule has 0 atom stereocenters. The first kappa shape index (κ1) is 17.9. The molecule has 5 nitrogen and oxygen atoms in total. The lowest BCUT2D eigenvalue weighted by atomic mass is 10.0. The number of aryl methyl sites for hydroxylation is 1. The molecule has 0 saturated heterocycles. The Hall–Kier alpha value is -2.54. The summed E-state index contributed by atoms with van der Waals surface area (Å²) in [6, 6.07) is 9.70. The number of benzene rings is 2. The minimum atomic E-state index is -0.425. The van der Waals surface area contributed by atoms with E-state index in [9.17, 15) is 18.8 Å². The van der Waals surface area contributed by atoms with Gasteiger partial charge in [-0.15, -0.1) is 0 Å². The van der Waals surface area contributed by atoms with Gasteiger partial charge in [0.15, 0.2) is 0 Å². The van der Waals surface area contributed by atoms with Crippen LogP contribution in [0.5, 0.6) is 0 Å². The summed E-state index contributed by atoms with van der Waals surface area (Å²) in [6.07, 6.45) is 1.44. The van der Waals surface area contributed by atoms with Gasteiger partial charge in [-0.05, 0) is 42.7 Å². The first-order valence-corrected chi connectivity index (χ1v) is 9.50. The molecular formula is C20H16BrFN2O3. The molecule has 138 valence electrons. The Balaban J connectivity index is 1.50. The van der Waals surface area contributed by atoms with Crippen molar-refractivity contribution in [3.63, 3.8) is 0 Å². The van der Waals surface area contributed by atoms with E-state index in [2.05, 4.69) is 15.9 Å². The average Bonchev–Trinajstić information content (AvgIpc) is 2.89. The van der Waals surface area contributed by atoms with E-state index in [1.54, 1.807) is 24.3 Å². The molecule has 3 amide bonds. The summed E-state index contributed by atoms with van der Waals surface area (Å²) in [7, 11) is 0. The summed E-state index contributed by atoms with van der Waals surface area (Å²) < 4.78 is 15.0. The third kappa shape index (κ3) is 3.06. The number of para-hydroxylation sites is 1. The van der Waals surface area contributed by atoms with Crippen molar-refractivity contribution in [1.29, 1.82) is 0 Å². The molecule has 0 radical (unpaired) electrons. The third-order valence-electron chi connectivity index (χ3n) is 4.95. The Bertz CT molecular complexity index is 976. The van der Waals surface area contributed by atoms with Crippen molar-refractivity contribution in [1.82, 2.24) is 4.90 Å². The second-order valence-electron chi connectivity index (χ2n) is 6.60. The topological polar surface area (TPSA) is 57.7 Å². The number of nitrogens with zero attached hydrogens (tertiary/aromatic N) is 2. The van der Waals surface area contributed by atoms with Crippen molar-refractivity contribution in [2.24, 2.45) is 0 Å². The predicted octanol–water partition coefficient (Wildman–Crippen LogP) is 3.55. The lowest BCUT2D eigenvalue weighted by Crippen LogP contribution is -2.39. The monoisotopic (exact) mass is 430 g/mol. The van der Waals surface area contributed by atoms with Crippen LogP contribution >= 0.6 is 15.9 Å². The van der Waals surface area contributed by atoms with Crippen molar-refractivity contribution in [3.8, 4) is 0 Å². The fourth-order valence-electron chi connectivity index (χ4n) is 3.66. The number of imide groups is 1. The first-order chi connectivity index (χ1) is 13.0. The lowest BCUT2D eigenvalue weighted by molar-refractivity contribution is -0.118. The predicted molar refractivity (Wildman–Crippen MR) is 101 cm³/mol. The van der Waals surface area contributed by atoms with Crippen LogP contribution in [0.4, 0.5) is 10.1 Å².